The first kappa shape index (κ1) is 11.8. The Kier molecular flexibility index (Phi) is 3.57. The Morgan fingerprint density at radius 3 is 2.18 bits per heavy atom. The molecule has 0 heterocycles. The molecule has 2 rings (SSSR count). The minimum Gasteiger partial charge on any atom is -0.326 e. The standard InChI is InChI=1S/C15H18N2/c1-11-3-2-4-14(15(11)10-17)13-7-5-12(9-16)6-8-13/h2-8H,9-10,16-17H2,1H3. The van der Waals surface area contributed by atoms with E-state index in [-0.39, 0.29) is 0 Å². The Bertz CT molecular complexity index is 501. The molecule has 88 valence electrons. The molecule has 0 unspecified atom stereocenters. The van der Waals surface area contributed by atoms with Crippen LogP contribution in [0, 0.1) is 6.92 Å². The molecule has 0 aromatic heterocycles. The van der Waals surface area contributed by atoms with Crippen LogP contribution in [0.25, 0.3) is 11.1 Å². The van der Waals surface area contributed by atoms with Crippen molar-refractivity contribution >= 4 is 0 Å². The molecule has 0 atom stereocenters. The van der Waals surface area contributed by atoms with Gasteiger partial charge in [0.2, 0.25) is 0 Å². The van der Waals surface area contributed by atoms with Crippen molar-refractivity contribution in [1.29, 1.82) is 0 Å². The molecule has 0 saturated heterocycles. The summed E-state index contributed by atoms with van der Waals surface area (Å²) in [6, 6.07) is 14.6. The maximum absolute atomic E-state index is 5.82. The van der Waals surface area contributed by atoms with E-state index < -0.39 is 0 Å². The van der Waals surface area contributed by atoms with Crippen LogP contribution in [0.5, 0.6) is 0 Å². The lowest BCUT2D eigenvalue weighted by atomic mass is 9.95. The molecule has 0 aliphatic rings. The number of hydrogen-bond acceptors (Lipinski definition) is 2. The van der Waals surface area contributed by atoms with Gasteiger partial charge < -0.3 is 11.5 Å². The predicted octanol–water partition coefficient (Wildman–Crippen LogP) is 2.58. The van der Waals surface area contributed by atoms with Crippen molar-refractivity contribution in [3.05, 3.63) is 59.2 Å². The van der Waals surface area contributed by atoms with Gasteiger partial charge >= 0.3 is 0 Å². The van der Waals surface area contributed by atoms with E-state index in [4.69, 9.17) is 11.5 Å². The average molecular weight is 226 g/mol. The number of nitrogens with two attached hydrogens (primary N) is 2. The fourth-order valence-electron chi connectivity index (χ4n) is 2.06. The molecule has 0 bridgehead atoms. The lowest BCUT2D eigenvalue weighted by molar-refractivity contribution is 1.05. The normalized spacial score (nSPS) is 10.5. The van der Waals surface area contributed by atoms with E-state index in [1.165, 1.54) is 22.3 Å². The first-order chi connectivity index (χ1) is 8.26. The third-order valence-corrected chi connectivity index (χ3v) is 3.12. The van der Waals surface area contributed by atoms with Crippen molar-refractivity contribution in [2.75, 3.05) is 0 Å². The van der Waals surface area contributed by atoms with Gasteiger partial charge in [-0.25, -0.2) is 0 Å². The molecule has 17 heavy (non-hydrogen) atoms. The Labute approximate surface area is 102 Å². The first-order valence-corrected chi connectivity index (χ1v) is 5.84. The quantitative estimate of drug-likeness (QED) is 0.845. The second-order valence-electron chi connectivity index (χ2n) is 4.21. The minimum atomic E-state index is 0.570. The molecule has 0 aliphatic heterocycles. The smallest absolute Gasteiger partial charge is 0.0186 e. The second-order valence-corrected chi connectivity index (χ2v) is 4.21. The SMILES string of the molecule is Cc1cccc(-c2ccc(CN)cc2)c1CN. The summed E-state index contributed by atoms with van der Waals surface area (Å²) in [4.78, 5) is 0. The van der Waals surface area contributed by atoms with E-state index in [0.29, 0.717) is 13.1 Å². The molecule has 0 saturated carbocycles. The maximum atomic E-state index is 5.82. The van der Waals surface area contributed by atoms with Crippen molar-refractivity contribution in [3.63, 3.8) is 0 Å². The summed E-state index contributed by atoms with van der Waals surface area (Å²) in [7, 11) is 0. The average Bonchev–Trinajstić information content (AvgIpc) is 2.38. The zero-order valence-electron chi connectivity index (χ0n) is 10.1. The lowest BCUT2D eigenvalue weighted by Crippen LogP contribution is -2.02. The molecule has 2 aromatic carbocycles. The van der Waals surface area contributed by atoms with Crippen LogP contribution in [0.1, 0.15) is 16.7 Å². The van der Waals surface area contributed by atoms with Crippen LogP contribution < -0.4 is 11.5 Å². The van der Waals surface area contributed by atoms with E-state index in [1.807, 2.05) is 0 Å². The molecule has 2 aromatic rings. The van der Waals surface area contributed by atoms with Crippen molar-refractivity contribution in [3.8, 4) is 11.1 Å². The number of rotatable bonds is 3. The molecule has 4 N–H and O–H groups in total. The number of benzene rings is 2. The zero-order valence-corrected chi connectivity index (χ0v) is 10.1. The molecule has 0 fully saturated rings. The molecule has 2 nitrogen and oxygen atoms in total. The highest BCUT2D eigenvalue weighted by Crippen LogP contribution is 2.26. The van der Waals surface area contributed by atoms with Gasteiger partial charge in [0.05, 0.1) is 0 Å². The van der Waals surface area contributed by atoms with E-state index in [2.05, 4.69) is 49.4 Å². The number of hydrogen-bond donors (Lipinski definition) is 2. The largest absolute Gasteiger partial charge is 0.326 e. The number of aryl methyl sites for hydroxylation is 1. The van der Waals surface area contributed by atoms with E-state index in [9.17, 15) is 0 Å². The fraction of sp³-hybridized carbons (Fsp3) is 0.200. The zero-order chi connectivity index (χ0) is 12.3. The van der Waals surface area contributed by atoms with Gasteiger partial charge in [0, 0.05) is 13.1 Å². The fourth-order valence-corrected chi connectivity index (χ4v) is 2.06. The molecule has 2 heteroatoms. The van der Waals surface area contributed by atoms with Crippen LogP contribution >= 0.6 is 0 Å². The summed E-state index contributed by atoms with van der Waals surface area (Å²) in [6.07, 6.45) is 0. The molecular weight excluding hydrogens is 208 g/mol. The summed E-state index contributed by atoms with van der Waals surface area (Å²) in [5, 5.41) is 0. The molecule has 0 aliphatic carbocycles. The monoisotopic (exact) mass is 226 g/mol. The summed E-state index contributed by atoms with van der Waals surface area (Å²) in [5.74, 6) is 0. The molecule has 0 amide bonds. The highest BCUT2D eigenvalue weighted by molar-refractivity contribution is 5.68. The summed E-state index contributed by atoms with van der Waals surface area (Å²) >= 11 is 0. The van der Waals surface area contributed by atoms with Gasteiger partial charge in [0.25, 0.3) is 0 Å². The van der Waals surface area contributed by atoms with Gasteiger partial charge in [-0.2, -0.15) is 0 Å². The predicted molar refractivity (Wildman–Crippen MR) is 72.4 cm³/mol. The van der Waals surface area contributed by atoms with Crippen LogP contribution in [0.2, 0.25) is 0 Å². The van der Waals surface area contributed by atoms with E-state index in [1.54, 1.807) is 0 Å². The highest BCUT2D eigenvalue weighted by atomic mass is 14.5. The van der Waals surface area contributed by atoms with Crippen molar-refractivity contribution in [2.24, 2.45) is 11.5 Å². The van der Waals surface area contributed by atoms with Gasteiger partial charge in [-0.1, -0.05) is 42.5 Å². The maximum Gasteiger partial charge on any atom is 0.0186 e. The Hall–Kier alpha value is -1.64. The van der Waals surface area contributed by atoms with Gasteiger partial charge in [0.15, 0.2) is 0 Å². The van der Waals surface area contributed by atoms with Gasteiger partial charge in [-0.15, -0.1) is 0 Å². The molecular formula is C15H18N2. The molecule has 0 radical (unpaired) electrons. The van der Waals surface area contributed by atoms with Crippen LogP contribution in [0.4, 0.5) is 0 Å². The van der Waals surface area contributed by atoms with Crippen LogP contribution in [0.3, 0.4) is 0 Å². The summed E-state index contributed by atoms with van der Waals surface area (Å²) in [6.45, 7) is 3.25. The van der Waals surface area contributed by atoms with Crippen molar-refractivity contribution in [2.45, 2.75) is 20.0 Å². The lowest BCUT2D eigenvalue weighted by Gasteiger charge is -2.11. The Balaban J connectivity index is 2.48. The van der Waals surface area contributed by atoms with Gasteiger partial charge in [-0.3, -0.25) is 0 Å². The summed E-state index contributed by atoms with van der Waals surface area (Å²) < 4.78 is 0. The third kappa shape index (κ3) is 2.38. The van der Waals surface area contributed by atoms with Crippen LogP contribution in [0.15, 0.2) is 42.5 Å². The summed E-state index contributed by atoms with van der Waals surface area (Å²) in [5.41, 5.74) is 17.5. The third-order valence-electron chi connectivity index (χ3n) is 3.12. The van der Waals surface area contributed by atoms with Crippen molar-refractivity contribution in [1.82, 2.24) is 0 Å². The Morgan fingerprint density at radius 1 is 0.882 bits per heavy atom. The van der Waals surface area contributed by atoms with E-state index >= 15 is 0 Å². The second kappa shape index (κ2) is 5.13. The van der Waals surface area contributed by atoms with Crippen molar-refractivity contribution < 1.29 is 0 Å². The minimum absolute atomic E-state index is 0.570. The van der Waals surface area contributed by atoms with Crippen LogP contribution in [-0.2, 0) is 13.1 Å². The Morgan fingerprint density at radius 2 is 1.59 bits per heavy atom. The molecule has 0 spiro atoms. The van der Waals surface area contributed by atoms with Crippen LogP contribution in [-0.4, -0.2) is 0 Å². The van der Waals surface area contributed by atoms with Gasteiger partial charge in [-0.05, 0) is 34.7 Å². The highest BCUT2D eigenvalue weighted by Gasteiger charge is 2.05. The van der Waals surface area contributed by atoms with Gasteiger partial charge in [0.1, 0.15) is 0 Å². The topological polar surface area (TPSA) is 52.0 Å². The first-order valence-electron chi connectivity index (χ1n) is 5.84. The van der Waals surface area contributed by atoms with E-state index in [0.717, 1.165) is 5.56 Å².